The minimum Gasteiger partial charge on any atom is -0.508 e. The highest BCUT2D eigenvalue weighted by Crippen LogP contribution is 2.38. The van der Waals surface area contributed by atoms with Gasteiger partial charge in [-0.1, -0.05) is 0 Å². The van der Waals surface area contributed by atoms with Crippen molar-refractivity contribution in [3.8, 4) is 17.1 Å². The van der Waals surface area contributed by atoms with Crippen LogP contribution in [0.3, 0.4) is 0 Å². The van der Waals surface area contributed by atoms with Gasteiger partial charge in [-0.3, -0.25) is 9.59 Å². The monoisotopic (exact) mass is 284 g/mol. The van der Waals surface area contributed by atoms with Crippen LogP contribution in [0.15, 0.2) is 45.6 Å². The summed E-state index contributed by atoms with van der Waals surface area (Å²) in [7, 11) is 0. The van der Waals surface area contributed by atoms with E-state index in [1.54, 1.807) is 19.1 Å². The van der Waals surface area contributed by atoms with Crippen LogP contribution in [-0.4, -0.2) is 16.2 Å². The number of phenols is 1. The number of aromatic hydroxyl groups is 1. The predicted octanol–water partition coefficient (Wildman–Crippen LogP) is 2.79. The first kappa shape index (κ1) is 13.2. The lowest BCUT2D eigenvalue weighted by molar-refractivity contribution is -0.138. The highest BCUT2D eigenvalue weighted by atomic mass is 16.4. The van der Waals surface area contributed by atoms with Gasteiger partial charge in [0.15, 0.2) is 5.43 Å². The van der Waals surface area contributed by atoms with Gasteiger partial charge in [0, 0.05) is 23.1 Å². The lowest BCUT2D eigenvalue weighted by atomic mass is 9.90. The third kappa shape index (κ3) is 2.12. The maximum atomic E-state index is 11.5. The molecule has 1 aromatic carbocycles. The first-order chi connectivity index (χ1) is 9.97. The van der Waals surface area contributed by atoms with Crippen LogP contribution in [0.1, 0.15) is 18.4 Å². The van der Waals surface area contributed by atoms with Gasteiger partial charge in [-0.25, -0.2) is 0 Å². The molecule has 0 saturated heterocycles. The molecule has 2 N–H and O–H groups in total. The van der Waals surface area contributed by atoms with Crippen LogP contribution in [0, 0.1) is 0 Å². The lowest BCUT2D eigenvalue weighted by Crippen LogP contribution is -2.11. The lowest BCUT2D eigenvalue weighted by Gasteiger charge is -2.17. The van der Waals surface area contributed by atoms with E-state index < -0.39 is 11.9 Å². The highest BCUT2D eigenvalue weighted by Gasteiger charge is 2.24. The highest BCUT2D eigenvalue weighted by molar-refractivity contribution is 5.94. The number of benzene rings is 2. The summed E-state index contributed by atoms with van der Waals surface area (Å²) in [6.07, 6.45) is 0. The van der Waals surface area contributed by atoms with Gasteiger partial charge < -0.3 is 14.6 Å². The summed E-state index contributed by atoms with van der Waals surface area (Å²) >= 11 is 0. The van der Waals surface area contributed by atoms with E-state index in [0.29, 0.717) is 27.9 Å². The Morgan fingerprint density at radius 3 is 2.67 bits per heavy atom. The normalized spacial score (nSPS) is 12.6. The Labute approximate surface area is 119 Å². The van der Waals surface area contributed by atoms with Crippen LogP contribution in [0.4, 0.5) is 0 Å². The third-order valence-corrected chi connectivity index (χ3v) is 3.52. The van der Waals surface area contributed by atoms with E-state index in [-0.39, 0.29) is 11.2 Å². The summed E-state index contributed by atoms with van der Waals surface area (Å²) in [4.78, 5) is 22.9. The van der Waals surface area contributed by atoms with Crippen LogP contribution in [-0.2, 0) is 4.79 Å². The summed E-state index contributed by atoms with van der Waals surface area (Å²) in [6, 6.07) is 8.77. The van der Waals surface area contributed by atoms with Gasteiger partial charge >= 0.3 is 5.97 Å². The second-order valence-corrected chi connectivity index (χ2v) is 4.91. The Kier molecular flexibility index (Phi) is 2.90. The van der Waals surface area contributed by atoms with Gasteiger partial charge in [0.2, 0.25) is 0 Å². The molecule has 1 unspecified atom stereocenters. The zero-order valence-electron chi connectivity index (χ0n) is 11.2. The molecule has 0 radical (unpaired) electrons. The molecule has 0 saturated carbocycles. The Hall–Kier alpha value is -2.82. The molecule has 1 aliphatic carbocycles. The zero-order chi connectivity index (χ0) is 15.1. The number of hydrogen-bond donors (Lipinski definition) is 2. The van der Waals surface area contributed by atoms with E-state index in [0.717, 1.165) is 0 Å². The Balaban J connectivity index is 2.49. The fourth-order valence-electron chi connectivity index (χ4n) is 2.48. The zero-order valence-corrected chi connectivity index (χ0v) is 11.2. The fraction of sp³-hybridized carbons (Fsp3) is 0.125. The second kappa shape index (κ2) is 4.63. The van der Waals surface area contributed by atoms with Crippen molar-refractivity contribution < 1.29 is 19.4 Å². The van der Waals surface area contributed by atoms with Crippen molar-refractivity contribution in [2.45, 2.75) is 12.8 Å². The van der Waals surface area contributed by atoms with Crippen molar-refractivity contribution >= 4 is 16.9 Å². The van der Waals surface area contributed by atoms with Crippen molar-refractivity contribution in [2.24, 2.45) is 0 Å². The molecule has 1 atom stereocenters. The summed E-state index contributed by atoms with van der Waals surface area (Å²) in [5.41, 5.74) is 1.28. The third-order valence-electron chi connectivity index (χ3n) is 3.52. The molecule has 0 bridgehead atoms. The maximum Gasteiger partial charge on any atom is 0.310 e. The number of carbonyl (C=O) groups is 1. The Morgan fingerprint density at radius 2 is 1.95 bits per heavy atom. The van der Waals surface area contributed by atoms with Crippen LogP contribution >= 0.6 is 0 Å². The number of aliphatic carboxylic acids is 1. The van der Waals surface area contributed by atoms with E-state index in [2.05, 4.69) is 0 Å². The van der Waals surface area contributed by atoms with Gasteiger partial charge in [-0.05, 0) is 36.8 Å². The van der Waals surface area contributed by atoms with Gasteiger partial charge in [0.25, 0.3) is 0 Å². The smallest absolute Gasteiger partial charge is 0.310 e. The fourth-order valence-corrected chi connectivity index (χ4v) is 2.48. The first-order valence-corrected chi connectivity index (χ1v) is 6.39. The van der Waals surface area contributed by atoms with E-state index in [1.165, 1.54) is 24.3 Å². The minimum atomic E-state index is -0.969. The molecule has 0 amide bonds. The van der Waals surface area contributed by atoms with Crippen molar-refractivity contribution in [2.75, 3.05) is 0 Å². The van der Waals surface area contributed by atoms with Crippen molar-refractivity contribution in [3.05, 3.63) is 52.2 Å². The molecule has 0 aromatic heterocycles. The van der Waals surface area contributed by atoms with E-state index in [9.17, 15) is 19.8 Å². The summed E-state index contributed by atoms with van der Waals surface area (Å²) < 4.78 is 5.63. The molecular weight excluding hydrogens is 272 g/mol. The molecule has 106 valence electrons. The van der Waals surface area contributed by atoms with Gasteiger partial charge in [0.1, 0.15) is 17.1 Å². The SMILES string of the molecule is CC(C(=O)O)c1c2ccc(=O)cc-2oc2cc(O)ccc12. The van der Waals surface area contributed by atoms with Crippen molar-refractivity contribution in [1.29, 1.82) is 0 Å². The van der Waals surface area contributed by atoms with Gasteiger partial charge in [-0.2, -0.15) is 0 Å². The van der Waals surface area contributed by atoms with Crippen LogP contribution < -0.4 is 5.43 Å². The summed E-state index contributed by atoms with van der Waals surface area (Å²) in [5.74, 6) is -1.42. The number of fused-ring (bicyclic) bond motifs is 2. The van der Waals surface area contributed by atoms with Crippen LogP contribution in [0.2, 0.25) is 0 Å². The van der Waals surface area contributed by atoms with E-state index in [1.807, 2.05) is 0 Å². The second-order valence-electron chi connectivity index (χ2n) is 4.91. The molecular formula is C16H12O5. The van der Waals surface area contributed by atoms with Gasteiger partial charge in [0.05, 0.1) is 5.92 Å². The topological polar surface area (TPSA) is 87.7 Å². The number of rotatable bonds is 2. The van der Waals surface area contributed by atoms with Gasteiger partial charge in [-0.15, -0.1) is 0 Å². The van der Waals surface area contributed by atoms with Crippen molar-refractivity contribution in [3.63, 3.8) is 0 Å². The van der Waals surface area contributed by atoms with Crippen molar-refractivity contribution in [1.82, 2.24) is 0 Å². The molecule has 1 heterocycles. The predicted molar refractivity (Wildman–Crippen MR) is 76.8 cm³/mol. The number of carboxylic acid groups (broad SMARTS) is 1. The van der Waals surface area contributed by atoms with E-state index in [4.69, 9.17) is 4.42 Å². The number of hydrogen-bond acceptors (Lipinski definition) is 4. The molecule has 0 fully saturated rings. The number of phenolic OH excluding ortho intramolecular Hbond substituents is 1. The molecule has 0 spiro atoms. The van der Waals surface area contributed by atoms with Crippen LogP contribution in [0.25, 0.3) is 22.3 Å². The van der Waals surface area contributed by atoms with E-state index >= 15 is 0 Å². The van der Waals surface area contributed by atoms with Crippen LogP contribution in [0.5, 0.6) is 5.75 Å². The average molecular weight is 284 g/mol. The molecule has 1 aliphatic heterocycles. The standard InChI is InChI=1S/C16H12O5/c1-8(16(19)20)15-11-4-2-9(17)6-13(11)21-14-7-10(18)3-5-12(14)15/h2-8,17H,1H3,(H,19,20). The first-order valence-electron chi connectivity index (χ1n) is 6.39. The molecule has 5 heteroatoms. The molecule has 2 aliphatic rings. The number of carboxylic acids is 1. The molecule has 1 aromatic rings. The maximum absolute atomic E-state index is 11.5. The average Bonchev–Trinajstić information content (AvgIpc) is 2.43. The minimum absolute atomic E-state index is 0.0119. The molecule has 5 nitrogen and oxygen atoms in total. The quantitative estimate of drug-likeness (QED) is 0.706. The summed E-state index contributed by atoms with van der Waals surface area (Å²) in [6.45, 7) is 1.58. The molecule has 3 rings (SSSR count). The molecule has 21 heavy (non-hydrogen) atoms. The largest absolute Gasteiger partial charge is 0.508 e. The summed E-state index contributed by atoms with van der Waals surface area (Å²) in [5, 5.41) is 19.5. The Morgan fingerprint density at radius 1 is 1.19 bits per heavy atom. The Bertz CT molecular complexity index is 878.